The molecule has 2 rings (SSSR count). The van der Waals surface area contributed by atoms with Crippen molar-refractivity contribution in [2.24, 2.45) is 0 Å². The van der Waals surface area contributed by atoms with Crippen molar-refractivity contribution in [1.82, 2.24) is 4.98 Å². The lowest BCUT2D eigenvalue weighted by Crippen LogP contribution is -2.22. The summed E-state index contributed by atoms with van der Waals surface area (Å²) >= 11 is 0. The smallest absolute Gasteiger partial charge is 0.165 e. The number of nitrogens with zero attached hydrogens (tertiary/aromatic N) is 1. The van der Waals surface area contributed by atoms with Crippen LogP contribution in [-0.2, 0) is 16.0 Å². The SMILES string of the molecule is CC1CCC(C(=O)Cc2cccnc2)O1. The zero-order chi connectivity index (χ0) is 10.7. The van der Waals surface area contributed by atoms with Crippen LogP contribution in [0.5, 0.6) is 0 Å². The van der Waals surface area contributed by atoms with Crippen molar-refractivity contribution in [3.63, 3.8) is 0 Å². The molecule has 1 aromatic rings. The molecule has 0 aliphatic carbocycles. The molecule has 0 spiro atoms. The number of carbonyl (C=O) groups excluding carboxylic acids is 1. The van der Waals surface area contributed by atoms with Crippen molar-refractivity contribution in [3.8, 4) is 0 Å². The van der Waals surface area contributed by atoms with Crippen molar-refractivity contribution < 1.29 is 9.53 Å². The second-order valence-electron chi connectivity index (χ2n) is 4.02. The van der Waals surface area contributed by atoms with Gasteiger partial charge in [0.25, 0.3) is 0 Å². The van der Waals surface area contributed by atoms with Crippen molar-refractivity contribution in [2.45, 2.75) is 38.4 Å². The molecule has 3 nitrogen and oxygen atoms in total. The summed E-state index contributed by atoms with van der Waals surface area (Å²) in [6.45, 7) is 2.01. The summed E-state index contributed by atoms with van der Waals surface area (Å²) in [6, 6.07) is 3.77. The number of rotatable bonds is 3. The van der Waals surface area contributed by atoms with Crippen LogP contribution in [0.3, 0.4) is 0 Å². The fourth-order valence-electron chi connectivity index (χ4n) is 1.86. The lowest BCUT2D eigenvalue weighted by molar-refractivity contribution is -0.128. The lowest BCUT2D eigenvalue weighted by Gasteiger charge is -2.09. The minimum absolute atomic E-state index is 0.173. The zero-order valence-electron chi connectivity index (χ0n) is 8.85. The number of ether oxygens (including phenoxy) is 1. The van der Waals surface area contributed by atoms with Gasteiger partial charge in [-0.05, 0) is 31.4 Å². The maximum atomic E-state index is 11.8. The summed E-state index contributed by atoms with van der Waals surface area (Å²) < 4.78 is 5.53. The number of carbonyl (C=O) groups is 1. The van der Waals surface area contributed by atoms with Gasteiger partial charge in [-0.2, -0.15) is 0 Å². The van der Waals surface area contributed by atoms with Gasteiger partial charge in [-0.3, -0.25) is 9.78 Å². The molecule has 2 atom stereocenters. The predicted octanol–water partition coefficient (Wildman–Crippen LogP) is 1.76. The number of Topliss-reactive ketones (excluding diaryl/α,β-unsaturated/α-hetero) is 1. The monoisotopic (exact) mass is 205 g/mol. The molecule has 0 amide bonds. The van der Waals surface area contributed by atoms with E-state index in [0.717, 1.165) is 18.4 Å². The number of hydrogen-bond acceptors (Lipinski definition) is 3. The molecule has 0 aromatic carbocycles. The van der Waals surface area contributed by atoms with Crippen molar-refractivity contribution in [1.29, 1.82) is 0 Å². The molecular formula is C12H15NO2. The van der Waals surface area contributed by atoms with E-state index >= 15 is 0 Å². The third-order valence-corrected chi connectivity index (χ3v) is 2.69. The van der Waals surface area contributed by atoms with E-state index in [4.69, 9.17) is 4.74 Å². The Morgan fingerprint density at radius 3 is 3.07 bits per heavy atom. The van der Waals surface area contributed by atoms with Crippen LogP contribution in [0.15, 0.2) is 24.5 Å². The molecule has 80 valence electrons. The molecule has 1 aliphatic rings. The van der Waals surface area contributed by atoms with Gasteiger partial charge in [-0.25, -0.2) is 0 Å². The van der Waals surface area contributed by atoms with Crippen LogP contribution in [0, 0.1) is 0 Å². The van der Waals surface area contributed by atoms with Gasteiger partial charge in [-0.15, -0.1) is 0 Å². The zero-order valence-corrected chi connectivity index (χ0v) is 8.85. The summed E-state index contributed by atoms with van der Waals surface area (Å²) in [7, 11) is 0. The predicted molar refractivity (Wildman–Crippen MR) is 56.5 cm³/mol. The van der Waals surface area contributed by atoms with Crippen LogP contribution < -0.4 is 0 Å². The Morgan fingerprint density at radius 2 is 2.47 bits per heavy atom. The van der Waals surface area contributed by atoms with Crippen molar-refractivity contribution in [3.05, 3.63) is 30.1 Å². The summed E-state index contributed by atoms with van der Waals surface area (Å²) in [5.41, 5.74) is 0.964. The second kappa shape index (κ2) is 4.53. The average molecular weight is 205 g/mol. The largest absolute Gasteiger partial charge is 0.367 e. The van der Waals surface area contributed by atoms with E-state index in [2.05, 4.69) is 4.98 Å². The minimum Gasteiger partial charge on any atom is -0.367 e. The fraction of sp³-hybridized carbons (Fsp3) is 0.500. The number of pyridine rings is 1. The first kappa shape index (κ1) is 10.3. The van der Waals surface area contributed by atoms with Gasteiger partial charge in [0.2, 0.25) is 0 Å². The molecule has 0 bridgehead atoms. The first-order chi connectivity index (χ1) is 7.25. The molecule has 2 heterocycles. The Balaban J connectivity index is 1.93. The highest BCUT2D eigenvalue weighted by Crippen LogP contribution is 2.20. The Morgan fingerprint density at radius 1 is 1.60 bits per heavy atom. The molecule has 0 saturated carbocycles. The van der Waals surface area contributed by atoms with Gasteiger partial charge in [0.05, 0.1) is 6.10 Å². The average Bonchev–Trinajstić information content (AvgIpc) is 2.66. The first-order valence-electron chi connectivity index (χ1n) is 5.33. The van der Waals surface area contributed by atoms with Crippen LogP contribution in [0.1, 0.15) is 25.3 Å². The van der Waals surface area contributed by atoms with Gasteiger partial charge in [0.1, 0.15) is 6.10 Å². The molecule has 1 aliphatic heterocycles. The highest BCUT2D eigenvalue weighted by Gasteiger charge is 2.27. The number of hydrogen-bond donors (Lipinski definition) is 0. The summed E-state index contributed by atoms with van der Waals surface area (Å²) in [5.74, 6) is 0.173. The molecular weight excluding hydrogens is 190 g/mol. The molecule has 0 radical (unpaired) electrons. The second-order valence-corrected chi connectivity index (χ2v) is 4.02. The van der Waals surface area contributed by atoms with E-state index in [1.54, 1.807) is 12.4 Å². The molecule has 1 aromatic heterocycles. The van der Waals surface area contributed by atoms with E-state index in [0.29, 0.717) is 6.42 Å². The fourth-order valence-corrected chi connectivity index (χ4v) is 1.86. The first-order valence-corrected chi connectivity index (χ1v) is 5.33. The minimum atomic E-state index is -0.194. The standard InChI is InChI=1S/C12H15NO2/c1-9-4-5-12(15-9)11(14)7-10-3-2-6-13-8-10/h2-3,6,8-9,12H,4-5,7H2,1H3. The number of ketones is 1. The third-order valence-electron chi connectivity index (χ3n) is 2.69. The lowest BCUT2D eigenvalue weighted by atomic mass is 10.0. The Labute approximate surface area is 89.5 Å². The third kappa shape index (κ3) is 2.63. The summed E-state index contributed by atoms with van der Waals surface area (Å²) in [5, 5.41) is 0. The molecule has 2 unspecified atom stereocenters. The topological polar surface area (TPSA) is 39.2 Å². The van der Waals surface area contributed by atoms with Crippen LogP contribution in [0.4, 0.5) is 0 Å². The maximum Gasteiger partial charge on any atom is 0.165 e. The summed E-state index contributed by atoms with van der Waals surface area (Å²) in [4.78, 5) is 15.8. The van der Waals surface area contributed by atoms with Crippen LogP contribution in [-0.4, -0.2) is 23.0 Å². The van der Waals surface area contributed by atoms with Gasteiger partial charge in [0, 0.05) is 18.8 Å². The van der Waals surface area contributed by atoms with Crippen LogP contribution >= 0.6 is 0 Å². The Bertz CT molecular complexity index is 337. The normalized spacial score (nSPS) is 25.4. The van der Waals surface area contributed by atoms with Crippen LogP contribution in [0.25, 0.3) is 0 Å². The van der Waals surface area contributed by atoms with E-state index in [-0.39, 0.29) is 18.0 Å². The van der Waals surface area contributed by atoms with Gasteiger partial charge < -0.3 is 4.74 Å². The number of aromatic nitrogens is 1. The van der Waals surface area contributed by atoms with Crippen LogP contribution in [0.2, 0.25) is 0 Å². The highest BCUT2D eigenvalue weighted by molar-refractivity contribution is 5.85. The molecule has 15 heavy (non-hydrogen) atoms. The van der Waals surface area contributed by atoms with E-state index in [1.807, 2.05) is 19.1 Å². The summed E-state index contributed by atoms with van der Waals surface area (Å²) in [6.07, 6.45) is 5.76. The van der Waals surface area contributed by atoms with E-state index in [9.17, 15) is 4.79 Å². The van der Waals surface area contributed by atoms with Gasteiger partial charge in [-0.1, -0.05) is 6.07 Å². The maximum absolute atomic E-state index is 11.8. The molecule has 1 fully saturated rings. The Hall–Kier alpha value is -1.22. The van der Waals surface area contributed by atoms with Gasteiger partial charge in [0.15, 0.2) is 5.78 Å². The highest BCUT2D eigenvalue weighted by atomic mass is 16.5. The molecule has 3 heteroatoms. The molecule has 1 saturated heterocycles. The van der Waals surface area contributed by atoms with Crippen molar-refractivity contribution >= 4 is 5.78 Å². The van der Waals surface area contributed by atoms with Gasteiger partial charge >= 0.3 is 0 Å². The van der Waals surface area contributed by atoms with E-state index < -0.39 is 0 Å². The van der Waals surface area contributed by atoms with Crippen molar-refractivity contribution in [2.75, 3.05) is 0 Å². The molecule has 0 N–H and O–H groups in total. The van der Waals surface area contributed by atoms with E-state index in [1.165, 1.54) is 0 Å². The quantitative estimate of drug-likeness (QED) is 0.754. The Kier molecular flexibility index (Phi) is 3.11.